The van der Waals surface area contributed by atoms with Crippen molar-refractivity contribution < 1.29 is 22.9 Å². The first-order valence-electron chi connectivity index (χ1n) is 9.42. The number of hydrogen-bond donors (Lipinski definition) is 1. The fourth-order valence-electron chi connectivity index (χ4n) is 3.36. The Morgan fingerprint density at radius 1 is 1.23 bits per heavy atom. The molecule has 1 heterocycles. The third-order valence-corrected chi connectivity index (χ3v) is 6.95. The van der Waals surface area contributed by atoms with E-state index in [1.165, 1.54) is 29.6 Å². The Hall–Kier alpha value is -2.98. The first-order valence-corrected chi connectivity index (χ1v) is 10.9. The average molecular weight is 433 g/mol. The van der Waals surface area contributed by atoms with Crippen LogP contribution in [-0.4, -0.2) is 43.8 Å². The number of nitro groups is 1. The van der Waals surface area contributed by atoms with Crippen LogP contribution in [0.25, 0.3) is 0 Å². The molecule has 160 valence electrons. The summed E-state index contributed by atoms with van der Waals surface area (Å²) in [7, 11) is -2.33. The van der Waals surface area contributed by atoms with Crippen LogP contribution in [0, 0.1) is 23.0 Å². The number of ether oxygens (including phenoxy) is 1. The van der Waals surface area contributed by atoms with Crippen LogP contribution in [0.5, 0.6) is 5.75 Å². The van der Waals surface area contributed by atoms with Crippen LogP contribution in [0.15, 0.2) is 47.4 Å². The van der Waals surface area contributed by atoms with E-state index in [1.807, 2.05) is 6.92 Å². The van der Waals surface area contributed by atoms with Crippen molar-refractivity contribution in [2.75, 3.05) is 25.5 Å². The van der Waals surface area contributed by atoms with E-state index in [2.05, 4.69) is 5.32 Å². The summed E-state index contributed by atoms with van der Waals surface area (Å²) < 4.78 is 32.2. The summed E-state index contributed by atoms with van der Waals surface area (Å²) in [6.45, 7) is 2.21. The monoisotopic (exact) mass is 433 g/mol. The van der Waals surface area contributed by atoms with E-state index in [9.17, 15) is 23.3 Å². The molecule has 1 saturated heterocycles. The maximum Gasteiger partial charge on any atom is 0.296 e. The SMILES string of the molecule is COc1ccc(NC(=O)[C@H]2CCCN(S(=O)(=O)c3ccc(C)cc3)C2)c([N+](=O)[O-])c1. The highest BCUT2D eigenvalue weighted by atomic mass is 32.2. The zero-order valence-corrected chi connectivity index (χ0v) is 17.5. The number of piperidine rings is 1. The number of amides is 1. The predicted octanol–water partition coefficient (Wildman–Crippen LogP) is 2.95. The molecule has 0 saturated carbocycles. The number of sulfonamides is 1. The zero-order valence-electron chi connectivity index (χ0n) is 16.7. The summed E-state index contributed by atoms with van der Waals surface area (Å²) in [6.07, 6.45) is 1.02. The summed E-state index contributed by atoms with van der Waals surface area (Å²) in [6, 6.07) is 10.7. The standard InChI is InChI=1S/C20H23N3O6S/c1-14-5-8-17(9-6-14)30(27,28)22-11-3-4-15(13-22)20(24)21-18-10-7-16(29-2)12-19(18)23(25)26/h5-10,12,15H,3-4,11,13H2,1-2H3,(H,21,24)/t15-/m0/s1. The second-order valence-corrected chi connectivity index (χ2v) is 9.08. The van der Waals surface area contributed by atoms with Gasteiger partial charge in [-0.3, -0.25) is 14.9 Å². The minimum absolute atomic E-state index is 0.0198. The fraction of sp³-hybridized carbons (Fsp3) is 0.350. The fourth-order valence-corrected chi connectivity index (χ4v) is 4.89. The molecule has 10 heteroatoms. The third kappa shape index (κ3) is 4.60. The quantitative estimate of drug-likeness (QED) is 0.553. The second-order valence-electron chi connectivity index (χ2n) is 7.14. The lowest BCUT2D eigenvalue weighted by Crippen LogP contribution is -2.43. The molecule has 0 spiro atoms. The van der Waals surface area contributed by atoms with Gasteiger partial charge >= 0.3 is 0 Å². The maximum atomic E-state index is 12.9. The lowest BCUT2D eigenvalue weighted by Gasteiger charge is -2.31. The van der Waals surface area contributed by atoms with Gasteiger partial charge in [0.05, 0.1) is 28.9 Å². The highest BCUT2D eigenvalue weighted by Gasteiger charge is 2.34. The Morgan fingerprint density at radius 3 is 2.57 bits per heavy atom. The number of nitrogens with zero attached hydrogens (tertiary/aromatic N) is 2. The highest BCUT2D eigenvalue weighted by Crippen LogP contribution is 2.30. The first kappa shape index (κ1) is 21.7. The van der Waals surface area contributed by atoms with Crippen molar-refractivity contribution in [1.82, 2.24) is 4.31 Å². The first-order chi connectivity index (χ1) is 14.2. The number of anilines is 1. The molecule has 9 nitrogen and oxygen atoms in total. The third-order valence-electron chi connectivity index (χ3n) is 5.07. The number of nitro benzene ring substituents is 1. The van der Waals surface area contributed by atoms with E-state index in [-0.39, 0.29) is 22.8 Å². The van der Waals surface area contributed by atoms with Crippen LogP contribution >= 0.6 is 0 Å². The van der Waals surface area contributed by atoms with Gasteiger partial charge in [0.1, 0.15) is 11.4 Å². The Bertz CT molecular complexity index is 1050. The maximum absolute atomic E-state index is 12.9. The molecule has 1 amide bonds. The number of carbonyl (C=O) groups excluding carboxylic acids is 1. The highest BCUT2D eigenvalue weighted by molar-refractivity contribution is 7.89. The molecule has 1 atom stereocenters. The van der Waals surface area contributed by atoms with Gasteiger partial charge in [0.15, 0.2) is 0 Å². The number of benzene rings is 2. The van der Waals surface area contributed by atoms with Gasteiger partial charge in [0.2, 0.25) is 15.9 Å². The van der Waals surface area contributed by atoms with Crippen LogP contribution in [0.2, 0.25) is 0 Å². The average Bonchev–Trinajstić information content (AvgIpc) is 2.74. The molecule has 0 aliphatic carbocycles. The molecule has 1 aliphatic heterocycles. The molecule has 0 bridgehead atoms. The van der Waals surface area contributed by atoms with Gasteiger partial charge in [0, 0.05) is 13.1 Å². The molecule has 2 aromatic rings. The topological polar surface area (TPSA) is 119 Å². The minimum Gasteiger partial charge on any atom is -0.496 e. The predicted molar refractivity (Wildman–Crippen MR) is 111 cm³/mol. The molecule has 30 heavy (non-hydrogen) atoms. The van der Waals surface area contributed by atoms with Crippen molar-refractivity contribution in [3.63, 3.8) is 0 Å². The van der Waals surface area contributed by atoms with Crippen molar-refractivity contribution >= 4 is 27.3 Å². The molecular weight excluding hydrogens is 410 g/mol. The van der Waals surface area contributed by atoms with E-state index in [0.29, 0.717) is 25.1 Å². The van der Waals surface area contributed by atoms with Gasteiger partial charge in [-0.05, 0) is 44.0 Å². The van der Waals surface area contributed by atoms with Crippen molar-refractivity contribution in [2.45, 2.75) is 24.7 Å². The molecule has 1 fully saturated rings. The smallest absolute Gasteiger partial charge is 0.296 e. The van der Waals surface area contributed by atoms with Crippen LogP contribution in [0.4, 0.5) is 11.4 Å². The summed E-state index contributed by atoms with van der Waals surface area (Å²) in [5, 5.41) is 13.9. The van der Waals surface area contributed by atoms with Gasteiger partial charge in [-0.2, -0.15) is 4.31 Å². The zero-order chi connectivity index (χ0) is 21.9. The van der Waals surface area contributed by atoms with Gasteiger partial charge in [-0.25, -0.2) is 8.42 Å². The Balaban J connectivity index is 1.76. The Morgan fingerprint density at radius 2 is 1.93 bits per heavy atom. The number of methoxy groups -OCH3 is 1. The van der Waals surface area contributed by atoms with Gasteiger partial charge in [0.25, 0.3) is 5.69 Å². The summed E-state index contributed by atoms with van der Waals surface area (Å²) >= 11 is 0. The van der Waals surface area contributed by atoms with Crippen LogP contribution in [0.3, 0.4) is 0 Å². The van der Waals surface area contributed by atoms with E-state index in [4.69, 9.17) is 4.74 Å². The molecular formula is C20H23N3O6S. The van der Waals surface area contributed by atoms with E-state index in [1.54, 1.807) is 24.3 Å². The van der Waals surface area contributed by atoms with Crippen molar-refractivity contribution in [3.05, 3.63) is 58.1 Å². The van der Waals surface area contributed by atoms with E-state index < -0.39 is 26.8 Å². The van der Waals surface area contributed by atoms with Crippen molar-refractivity contribution in [2.24, 2.45) is 5.92 Å². The van der Waals surface area contributed by atoms with E-state index >= 15 is 0 Å². The normalized spacial score (nSPS) is 17.3. The molecule has 1 N–H and O–H groups in total. The Labute approximate surface area is 174 Å². The molecule has 0 unspecified atom stereocenters. The van der Waals surface area contributed by atoms with Crippen LogP contribution < -0.4 is 10.1 Å². The van der Waals surface area contributed by atoms with Crippen molar-refractivity contribution in [3.8, 4) is 5.75 Å². The number of rotatable bonds is 6. The molecule has 0 radical (unpaired) electrons. The molecule has 3 rings (SSSR count). The Kier molecular flexibility index (Phi) is 6.37. The number of nitrogens with one attached hydrogen (secondary N) is 1. The summed E-state index contributed by atoms with van der Waals surface area (Å²) in [5.41, 5.74) is 0.706. The number of aryl methyl sites for hydroxylation is 1. The van der Waals surface area contributed by atoms with Gasteiger partial charge < -0.3 is 10.1 Å². The van der Waals surface area contributed by atoms with Crippen molar-refractivity contribution in [1.29, 1.82) is 0 Å². The van der Waals surface area contributed by atoms with E-state index in [0.717, 1.165) is 5.56 Å². The lowest BCUT2D eigenvalue weighted by atomic mass is 9.98. The van der Waals surface area contributed by atoms with Gasteiger partial charge in [-0.15, -0.1) is 0 Å². The summed E-state index contributed by atoms with van der Waals surface area (Å²) in [5.74, 6) is -0.763. The largest absolute Gasteiger partial charge is 0.496 e. The number of carbonyl (C=O) groups is 1. The second kappa shape index (κ2) is 8.80. The number of hydrogen-bond acceptors (Lipinski definition) is 6. The van der Waals surface area contributed by atoms with Gasteiger partial charge in [-0.1, -0.05) is 17.7 Å². The molecule has 0 aromatic heterocycles. The molecule has 1 aliphatic rings. The van der Waals surface area contributed by atoms with Crippen LogP contribution in [-0.2, 0) is 14.8 Å². The summed E-state index contributed by atoms with van der Waals surface area (Å²) in [4.78, 5) is 23.7. The minimum atomic E-state index is -3.72. The lowest BCUT2D eigenvalue weighted by molar-refractivity contribution is -0.384. The van der Waals surface area contributed by atoms with Crippen LogP contribution in [0.1, 0.15) is 18.4 Å². The molecule has 2 aromatic carbocycles.